The Kier molecular flexibility index (Phi) is 9.10. The predicted octanol–water partition coefficient (Wildman–Crippen LogP) is 5.85. The molecule has 2 fully saturated rings. The topological polar surface area (TPSA) is 144 Å². The number of fused-ring (bicyclic) bond motifs is 2. The third-order valence-corrected chi connectivity index (χ3v) is 13.2. The number of rotatable bonds is 11. The first-order valence-electron chi connectivity index (χ1n) is 17.3. The van der Waals surface area contributed by atoms with Crippen molar-refractivity contribution in [3.8, 4) is 0 Å². The van der Waals surface area contributed by atoms with Gasteiger partial charge in [-0.25, -0.2) is 0 Å². The van der Waals surface area contributed by atoms with Crippen molar-refractivity contribution in [1.29, 1.82) is 0 Å². The molecule has 14 heteroatoms. The third kappa shape index (κ3) is 6.14. The van der Waals surface area contributed by atoms with Gasteiger partial charge in [0, 0.05) is 60.5 Å². The molecule has 4 aromatic rings. The minimum atomic E-state index is -3.49. The lowest BCUT2D eigenvalue weighted by Gasteiger charge is -2.31. The maximum atomic E-state index is 16.4. The Hall–Kier alpha value is -4.79. The zero-order valence-corrected chi connectivity index (χ0v) is 29.8. The number of aryl methyl sites for hydroxylation is 1. The first kappa shape index (κ1) is 34.6. The number of aliphatic hydroxyl groups excluding tert-OH is 1. The highest BCUT2D eigenvalue weighted by Crippen LogP contribution is 2.60. The minimum Gasteiger partial charge on any atom is -0.395 e. The number of ether oxygens (including phenoxy) is 1. The quantitative estimate of drug-likeness (QED) is 0.0883. The molecule has 0 saturated carbocycles. The Labute approximate surface area is 296 Å². The van der Waals surface area contributed by atoms with Gasteiger partial charge in [-0.2, -0.15) is 0 Å². The molecule has 3 aliphatic rings. The van der Waals surface area contributed by atoms with Crippen molar-refractivity contribution < 1.29 is 28.5 Å². The number of nitro groups is 1. The Morgan fingerprint density at radius 3 is 2.51 bits per heavy atom. The zero-order chi connectivity index (χ0) is 36.1. The van der Waals surface area contributed by atoms with Gasteiger partial charge in [-0.05, 0) is 55.3 Å². The number of hydrogen-bond acceptors (Lipinski definition) is 8. The van der Waals surface area contributed by atoms with E-state index in [0.717, 1.165) is 23.2 Å². The average molecular weight is 713 g/mol. The first-order chi connectivity index (χ1) is 24.4. The second kappa shape index (κ2) is 13.4. The van der Waals surface area contributed by atoms with E-state index in [-0.39, 0.29) is 36.6 Å². The van der Waals surface area contributed by atoms with Crippen LogP contribution in [-0.2, 0) is 33.0 Å². The number of halogens is 1. The van der Waals surface area contributed by atoms with Gasteiger partial charge < -0.3 is 23.8 Å². The van der Waals surface area contributed by atoms with Crippen LogP contribution in [0.1, 0.15) is 54.5 Å². The summed E-state index contributed by atoms with van der Waals surface area (Å²) in [6.07, 6.45) is 2.73. The van der Waals surface area contributed by atoms with E-state index in [1.165, 1.54) is 12.1 Å². The maximum absolute atomic E-state index is 16.4. The molecule has 266 valence electrons. The Morgan fingerprint density at radius 2 is 1.86 bits per heavy atom. The van der Waals surface area contributed by atoms with Crippen molar-refractivity contribution in [2.24, 2.45) is 5.92 Å². The lowest BCUT2D eigenvalue weighted by molar-refractivity contribution is -0.385. The van der Waals surface area contributed by atoms with E-state index in [1.807, 2.05) is 61.5 Å². The van der Waals surface area contributed by atoms with E-state index in [0.29, 0.717) is 42.9 Å². The molecule has 12 nitrogen and oxygen atoms in total. The van der Waals surface area contributed by atoms with Crippen LogP contribution in [0.5, 0.6) is 0 Å². The van der Waals surface area contributed by atoms with Crippen LogP contribution < -0.4 is 9.80 Å². The van der Waals surface area contributed by atoms with Crippen LogP contribution in [-0.4, -0.2) is 64.5 Å². The van der Waals surface area contributed by atoms with Gasteiger partial charge >= 0.3 is 0 Å². The van der Waals surface area contributed by atoms with Crippen molar-refractivity contribution in [3.63, 3.8) is 0 Å². The standard InChI is InChI=1S/C37H41FN6O6Si/c1-24-35(51(2,3)38)33(17-19-41-22-31(39-40-41)29(23-45)26-8-5-4-6-9-26)50-37(24)30-20-28(44(48)49)15-16-32(30)43(36(37)47)21-25-11-13-27(14-12-25)42-18-7-10-34(42)46/h4-6,8-9,11-16,20,22,24,29,33,35,45H,7,10,17-19,21,23H2,1-3H3/t24-,29?,33+,35-,37+/m1/s1. The molecule has 2 amide bonds. The SMILES string of the molecule is C[C@@H]1[C@@H]([Si](C)(C)F)[C@H](CCn2cc(C(CO)c3ccccc3)nn2)O[C@@]12C(=O)N(Cc1ccc(N3CCCC3=O)cc1)c1ccc([N+](=O)[O-])cc12. The van der Waals surface area contributed by atoms with E-state index in [9.17, 15) is 24.8 Å². The van der Waals surface area contributed by atoms with E-state index >= 15 is 4.11 Å². The van der Waals surface area contributed by atoms with Gasteiger partial charge in [-0.1, -0.05) is 54.6 Å². The van der Waals surface area contributed by atoms with Crippen molar-refractivity contribution in [2.45, 2.75) is 75.5 Å². The number of nitrogens with zero attached hydrogens (tertiary/aromatic N) is 6. The van der Waals surface area contributed by atoms with Crippen molar-refractivity contribution in [3.05, 3.63) is 111 Å². The second-order valence-electron chi connectivity index (χ2n) is 14.3. The molecule has 51 heavy (non-hydrogen) atoms. The van der Waals surface area contributed by atoms with Crippen molar-refractivity contribution in [1.82, 2.24) is 15.0 Å². The van der Waals surface area contributed by atoms with Gasteiger partial charge in [0.15, 0.2) is 5.60 Å². The number of non-ortho nitro benzene ring substituents is 1. The van der Waals surface area contributed by atoms with Crippen LogP contribution in [0.15, 0.2) is 79.0 Å². The number of anilines is 2. The number of benzene rings is 3. The number of carbonyl (C=O) groups excluding carboxylic acids is 2. The number of aromatic nitrogens is 3. The summed E-state index contributed by atoms with van der Waals surface area (Å²) in [5.41, 5.74) is 1.55. The number of amides is 2. The molecule has 4 heterocycles. The molecular weight excluding hydrogens is 672 g/mol. The molecule has 0 aliphatic carbocycles. The summed E-state index contributed by atoms with van der Waals surface area (Å²) in [5.74, 6) is -1.29. The first-order valence-corrected chi connectivity index (χ1v) is 20.3. The number of carbonyl (C=O) groups is 2. The molecule has 3 aliphatic heterocycles. The highest BCUT2D eigenvalue weighted by Gasteiger charge is 2.66. The summed E-state index contributed by atoms with van der Waals surface area (Å²) in [6, 6.07) is 21.4. The molecule has 0 radical (unpaired) electrons. The summed E-state index contributed by atoms with van der Waals surface area (Å²) in [5, 5.41) is 30.7. The Bertz CT molecular complexity index is 1950. The van der Waals surface area contributed by atoms with Gasteiger partial charge in [0.05, 0.1) is 41.5 Å². The zero-order valence-electron chi connectivity index (χ0n) is 28.8. The monoisotopic (exact) mass is 712 g/mol. The second-order valence-corrected chi connectivity index (χ2v) is 18.1. The highest BCUT2D eigenvalue weighted by molar-refractivity contribution is 6.72. The fourth-order valence-corrected chi connectivity index (χ4v) is 10.9. The third-order valence-electron chi connectivity index (χ3n) is 10.8. The van der Waals surface area contributed by atoms with E-state index in [1.54, 1.807) is 39.8 Å². The van der Waals surface area contributed by atoms with Gasteiger partial charge in [-0.15, -0.1) is 5.10 Å². The van der Waals surface area contributed by atoms with Crippen LogP contribution in [0.25, 0.3) is 0 Å². The molecule has 2 saturated heterocycles. The molecule has 0 bridgehead atoms. The van der Waals surface area contributed by atoms with Gasteiger partial charge in [0.25, 0.3) is 11.6 Å². The van der Waals surface area contributed by atoms with Crippen LogP contribution in [0.4, 0.5) is 21.2 Å². The van der Waals surface area contributed by atoms with Crippen LogP contribution in [0, 0.1) is 16.0 Å². The molecule has 1 unspecified atom stereocenters. The fourth-order valence-electron chi connectivity index (χ4n) is 8.36. The molecule has 1 aromatic heterocycles. The molecule has 7 rings (SSSR count). The van der Waals surface area contributed by atoms with E-state index in [2.05, 4.69) is 10.3 Å². The van der Waals surface area contributed by atoms with E-state index < -0.39 is 36.5 Å². The maximum Gasteiger partial charge on any atom is 0.269 e. The number of hydrogen-bond donors (Lipinski definition) is 1. The highest BCUT2D eigenvalue weighted by atomic mass is 28.4. The minimum absolute atomic E-state index is 0.0801. The van der Waals surface area contributed by atoms with Gasteiger partial charge in [0.1, 0.15) is 0 Å². The summed E-state index contributed by atoms with van der Waals surface area (Å²) < 4.78 is 24.8. The number of nitro benzene ring substituents is 1. The fraction of sp³-hybridized carbons (Fsp3) is 0.405. The molecule has 1 N–H and O–H groups in total. The molecular formula is C37H41FN6O6Si. The normalized spacial score (nSPS) is 23.7. The summed E-state index contributed by atoms with van der Waals surface area (Å²) in [7, 11) is -3.49. The summed E-state index contributed by atoms with van der Waals surface area (Å²) >= 11 is 0. The average Bonchev–Trinajstić information content (AvgIpc) is 3.88. The lowest BCUT2D eigenvalue weighted by Crippen LogP contribution is -2.45. The van der Waals surface area contributed by atoms with Crippen LogP contribution in [0.3, 0.4) is 0 Å². The van der Waals surface area contributed by atoms with E-state index in [4.69, 9.17) is 4.74 Å². The Balaban J connectivity index is 1.18. The Morgan fingerprint density at radius 1 is 1.12 bits per heavy atom. The smallest absolute Gasteiger partial charge is 0.269 e. The summed E-state index contributed by atoms with van der Waals surface area (Å²) in [6.45, 7) is 6.05. The van der Waals surface area contributed by atoms with Gasteiger partial charge in [-0.3, -0.25) is 24.4 Å². The van der Waals surface area contributed by atoms with Crippen molar-refractivity contribution in [2.75, 3.05) is 23.0 Å². The molecule has 1 spiro atoms. The lowest BCUT2D eigenvalue weighted by atomic mass is 9.82. The number of aliphatic hydroxyl groups is 1. The van der Waals surface area contributed by atoms with Crippen LogP contribution >= 0.6 is 0 Å². The van der Waals surface area contributed by atoms with Gasteiger partial charge in [0.2, 0.25) is 14.3 Å². The largest absolute Gasteiger partial charge is 0.395 e. The predicted molar refractivity (Wildman–Crippen MR) is 190 cm³/mol. The van der Waals surface area contributed by atoms with Crippen molar-refractivity contribution >= 4 is 37.3 Å². The molecule has 5 atom stereocenters. The summed E-state index contributed by atoms with van der Waals surface area (Å²) in [4.78, 5) is 41.8. The molecule has 3 aromatic carbocycles. The van der Waals surface area contributed by atoms with Crippen LogP contribution in [0.2, 0.25) is 18.6 Å².